The normalized spacial score (nSPS) is 12.0. The zero-order valence-electron chi connectivity index (χ0n) is 10.1. The summed E-state index contributed by atoms with van der Waals surface area (Å²) in [7, 11) is 1.64. The lowest BCUT2D eigenvalue weighted by molar-refractivity contribution is -0.137. The van der Waals surface area contributed by atoms with Crippen molar-refractivity contribution >= 4 is 27.5 Å². The van der Waals surface area contributed by atoms with Gasteiger partial charge in [-0.1, -0.05) is 0 Å². The minimum atomic E-state index is -4.43. The van der Waals surface area contributed by atoms with E-state index >= 15 is 0 Å². The van der Waals surface area contributed by atoms with Crippen molar-refractivity contribution in [1.82, 2.24) is 19.7 Å². The largest absolute Gasteiger partial charge is 0.419 e. The summed E-state index contributed by atoms with van der Waals surface area (Å²) in [4.78, 5) is 9.09. The molecule has 1 N–H and O–H groups in total. The monoisotopic (exact) mass is 299 g/mol. The molecule has 0 aliphatic heterocycles. The van der Waals surface area contributed by atoms with Gasteiger partial charge >= 0.3 is 6.18 Å². The first-order chi connectivity index (χ1) is 9.49. The number of thiophene rings is 1. The lowest BCUT2D eigenvalue weighted by Crippen LogP contribution is -2.05. The van der Waals surface area contributed by atoms with Crippen LogP contribution in [0, 0.1) is 0 Å². The maximum atomic E-state index is 12.6. The molecule has 5 nitrogen and oxygen atoms in total. The SMILES string of the molecule is CNc1nc(-n2cc(C(F)(F)F)cn2)c2ccsc2n1. The standard InChI is InChI=1S/C11H8F3N5S/c1-15-10-17-8(7-2-3-20-9(7)18-10)19-5-6(4-16-19)11(12,13)14/h2-5H,1H3,(H,15,17,18). The maximum Gasteiger partial charge on any atom is 0.419 e. The van der Waals surface area contributed by atoms with Crippen LogP contribution in [0.15, 0.2) is 23.8 Å². The first-order valence-electron chi connectivity index (χ1n) is 5.54. The number of anilines is 1. The molecule has 20 heavy (non-hydrogen) atoms. The van der Waals surface area contributed by atoms with E-state index in [1.54, 1.807) is 18.5 Å². The van der Waals surface area contributed by atoms with E-state index in [4.69, 9.17) is 0 Å². The van der Waals surface area contributed by atoms with Crippen LogP contribution in [-0.2, 0) is 6.18 Å². The molecule has 104 valence electrons. The Bertz CT molecular complexity index is 761. The Morgan fingerprint density at radius 1 is 1.30 bits per heavy atom. The Labute approximate surface area is 115 Å². The second-order valence-corrected chi connectivity index (χ2v) is 4.83. The number of rotatable bonds is 2. The van der Waals surface area contributed by atoms with Gasteiger partial charge in [0.15, 0.2) is 5.82 Å². The van der Waals surface area contributed by atoms with Crippen LogP contribution < -0.4 is 5.32 Å². The van der Waals surface area contributed by atoms with Gasteiger partial charge in [-0.2, -0.15) is 23.3 Å². The molecule has 3 aromatic rings. The number of halogens is 3. The molecule has 0 unspecified atom stereocenters. The van der Waals surface area contributed by atoms with Crippen molar-refractivity contribution in [1.29, 1.82) is 0 Å². The summed E-state index contributed by atoms with van der Waals surface area (Å²) < 4.78 is 39.0. The van der Waals surface area contributed by atoms with E-state index in [2.05, 4.69) is 20.4 Å². The number of fused-ring (bicyclic) bond motifs is 1. The minimum Gasteiger partial charge on any atom is -0.357 e. The second kappa shape index (κ2) is 4.44. The van der Waals surface area contributed by atoms with E-state index in [1.165, 1.54) is 11.3 Å². The smallest absolute Gasteiger partial charge is 0.357 e. The first-order valence-corrected chi connectivity index (χ1v) is 6.42. The van der Waals surface area contributed by atoms with E-state index in [1.807, 2.05) is 0 Å². The molecule has 0 bridgehead atoms. The van der Waals surface area contributed by atoms with Crippen molar-refractivity contribution in [3.05, 3.63) is 29.4 Å². The summed E-state index contributed by atoms with van der Waals surface area (Å²) in [5.41, 5.74) is -0.814. The van der Waals surface area contributed by atoms with Gasteiger partial charge in [-0.25, -0.2) is 9.67 Å². The highest BCUT2D eigenvalue weighted by atomic mass is 32.1. The lowest BCUT2D eigenvalue weighted by Gasteiger charge is -2.05. The van der Waals surface area contributed by atoms with Gasteiger partial charge in [0.25, 0.3) is 0 Å². The maximum absolute atomic E-state index is 12.6. The van der Waals surface area contributed by atoms with Gasteiger partial charge in [0, 0.05) is 13.2 Å². The van der Waals surface area contributed by atoms with Gasteiger partial charge in [-0.15, -0.1) is 11.3 Å². The Balaban J connectivity index is 2.18. The van der Waals surface area contributed by atoms with Crippen molar-refractivity contribution < 1.29 is 13.2 Å². The van der Waals surface area contributed by atoms with Crippen LogP contribution in [0.4, 0.5) is 19.1 Å². The third kappa shape index (κ3) is 2.09. The van der Waals surface area contributed by atoms with E-state index in [0.29, 0.717) is 22.0 Å². The molecular formula is C11H8F3N5S. The molecule has 0 radical (unpaired) electrons. The molecule has 3 heterocycles. The molecule has 0 aromatic carbocycles. The molecule has 3 aromatic heterocycles. The molecule has 0 saturated carbocycles. The first kappa shape index (κ1) is 12.9. The average Bonchev–Trinajstić information content (AvgIpc) is 3.05. The van der Waals surface area contributed by atoms with Gasteiger partial charge in [0.05, 0.1) is 17.1 Å². The highest BCUT2D eigenvalue weighted by Gasteiger charge is 2.32. The zero-order chi connectivity index (χ0) is 14.3. The van der Waals surface area contributed by atoms with Gasteiger partial charge in [-0.3, -0.25) is 0 Å². The molecule has 0 fully saturated rings. The molecule has 0 aliphatic rings. The van der Waals surface area contributed by atoms with Crippen molar-refractivity contribution in [2.24, 2.45) is 0 Å². The number of nitrogens with one attached hydrogen (secondary N) is 1. The van der Waals surface area contributed by atoms with Crippen LogP contribution in [0.2, 0.25) is 0 Å². The fourth-order valence-corrected chi connectivity index (χ4v) is 2.47. The van der Waals surface area contributed by atoms with Gasteiger partial charge in [-0.05, 0) is 11.4 Å². The van der Waals surface area contributed by atoms with E-state index < -0.39 is 11.7 Å². The average molecular weight is 299 g/mol. The third-order valence-electron chi connectivity index (χ3n) is 2.66. The van der Waals surface area contributed by atoms with E-state index in [-0.39, 0.29) is 0 Å². The predicted octanol–water partition coefficient (Wildman–Crippen LogP) is 2.94. The topological polar surface area (TPSA) is 55.6 Å². The number of nitrogens with zero attached hydrogens (tertiary/aromatic N) is 4. The van der Waals surface area contributed by atoms with Crippen molar-refractivity contribution in [2.75, 3.05) is 12.4 Å². The van der Waals surface area contributed by atoms with Crippen LogP contribution in [0.1, 0.15) is 5.56 Å². The third-order valence-corrected chi connectivity index (χ3v) is 3.46. The Morgan fingerprint density at radius 3 is 2.75 bits per heavy atom. The molecule has 0 spiro atoms. The highest BCUT2D eigenvalue weighted by Crippen LogP contribution is 2.30. The molecule has 0 atom stereocenters. The van der Waals surface area contributed by atoms with Crippen LogP contribution in [0.25, 0.3) is 16.0 Å². The summed E-state index contributed by atoms with van der Waals surface area (Å²) in [6.07, 6.45) is -2.73. The highest BCUT2D eigenvalue weighted by molar-refractivity contribution is 7.16. The lowest BCUT2D eigenvalue weighted by atomic mass is 10.3. The van der Waals surface area contributed by atoms with Crippen molar-refractivity contribution in [2.45, 2.75) is 6.18 Å². The molecular weight excluding hydrogens is 291 g/mol. The number of hydrogen-bond donors (Lipinski definition) is 1. The van der Waals surface area contributed by atoms with Crippen molar-refractivity contribution in [3.8, 4) is 5.82 Å². The van der Waals surface area contributed by atoms with Crippen LogP contribution in [0.3, 0.4) is 0 Å². The van der Waals surface area contributed by atoms with Crippen molar-refractivity contribution in [3.63, 3.8) is 0 Å². The molecule has 3 rings (SSSR count). The molecule has 0 amide bonds. The Morgan fingerprint density at radius 2 is 2.10 bits per heavy atom. The Kier molecular flexibility index (Phi) is 2.85. The van der Waals surface area contributed by atoms with Gasteiger partial charge < -0.3 is 5.32 Å². The van der Waals surface area contributed by atoms with E-state index in [9.17, 15) is 13.2 Å². The van der Waals surface area contributed by atoms with Crippen LogP contribution in [0.5, 0.6) is 0 Å². The predicted molar refractivity (Wildman–Crippen MR) is 69.1 cm³/mol. The molecule has 0 saturated heterocycles. The molecule has 9 heteroatoms. The molecule has 0 aliphatic carbocycles. The summed E-state index contributed by atoms with van der Waals surface area (Å²) in [6.45, 7) is 0. The fourth-order valence-electron chi connectivity index (χ4n) is 1.71. The summed E-state index contributed by atoms with van der Waals surface area (Å²) >= 11 is 1.38. The number of aromatic nitrogens is 4. The van der Waals surface area contributed by atoms with Crippen LogP contribution in [-0.4, -0.2) is 26.8 Å². The number of hydrogen-bond acceptors (Lipinski definition) is 5. The van der Waals surface area contributed by atoms with Gasteiger partial charge in [0.2, 0.25) is 5.95 Å². The van der Waals surface area contributed by atoms with E-state index in [0.717, 1.165) is 17.1 Å². The van der Waals surface area contributed by atoms with Crippen LogP contribution >= 0.6 is 11.3 Å². The minimum absolute atomic E-state index is 0.316. The quantitative estimate of drug-likeness (QED) is 0.790. The summed E-state index contributed by atoms with van der Waals surface area (Å²) in [5.74, 6) is 0.648. The fraction of sp³-hybridized carbons (Fsp3) is 0.182. The Hall–Kier alpha value is -2.16. The zero-order valence-corrected chi connectivity index (χ0v) is 11.0. The van der Waals surface area contributed by atoms with Gasteiger partial charge in [0.1, 0.15) is 4.83 Å². The number of alkyl halides is 3. The summed E-state index contributed by atoms with van der Waals surface area (Å²) in [5, 5.41) is 8.98. The second-order valence-electron chi connectivity index (χ2n) is 3.93. The summed E-state index contributed by atoms with van der Waals surface area (Å²) in [6, 6.07) is 1.75.